The van der Waals surface area contributed by atoms with Gasteiger partial charge in [-0.3, -0.25) is 9.59 Å². The van der Waals surface area contributed by atoms with Crippen molar-refractivity contribution in [2.75, 3.05) is 6.54 Å². The topological polar surface area (TPSA) is 66.4 Å². The molecule has 16 heavy (non-hydrogen) atoms. The maximum atomic E-state index is 11.7. The predicted molar refractivity (Wildman–Crippen MR) is 63.0 cm³/mol. The van der Waals surface area contributed by atoms with Crippen LogP contribution in [0.1, 0.15) is 41.0 Å². The molecule has 0 fully saturated rings. The molecule has 0 aliphatic carbocycles. The summed E-state index contributed by atoms with van der Waals surface area (Å²) in [5.74, 6) is -1.44. The maximum absolute atomic E-state index is 11.7. The molecule has 0 aliphatic rings. The summed E-state index contributed by atoms with van der Waals surface area (Å²) in [6.07, 6.45) is 0.734. The lowest BCUT2D eigenvalue weighted by molar-refractivity contribution is -0.143. The van der Waals surface area contributed by atoms with Gasteiger partial charge in [-0.2, -0.15) is 0 Å². The summed E-state index contributed by atoms with van der Waals surface area (Å²) in [7, 11) is 0. The molecule has 1 atom stereocenters. The Labute approximate surface area is 97.4 Å². The Hall–Kier alpha value is -1.06. The zero-order chi connectivity index (χ0) is 12.9. The first-order valence-electron chi connectivity index (χ1n) is 5.73. The highest BCUT2D eigenvalue weighted by Gasteiger charge is 2.28. The van der Waals surface area contributed by atoms with Crippen LogP contribution in [0, 0.1) is 17.3 Å². The second-order valence-corrected chi connectivity index (χ2v) is 5.14. The average molecular weight is 229 g/mol. The lowest BCUT2D eigenvalue weighted by Crippen LogP contribution is -2.41. The minimum absolute atomic E-state index is 0.0162. The van der Waals surface area contributed by atoms with Gasteiger partial charge in [0.15, 0.2) is 0 Å². The van der Waals surface area contributed by atoms with Crippen LogP contribution in [0.2, 0.25) is 0 Å². The third-order valence-corrected chi connectivity index (χ3v) is 3.10. The monoisotopic (exact) mass is 229 g/mol. The Bertz CT molecular complexity index is 259. The van der Waals surface area contributed by atoms with E-state index in [0.29, 0.717) is 0 Å². The number of carboxylic acids is 1. The quantitative estimate of drug-likeness (QED) is 0.731. The number of nitrogens with one attached hydrogen (secondary N) is 1. The molecule has 0 aromatic heterocycles. The third kappa shape index (κ3) is 4.21. The van der Waals surface area contributed by atoms with E-state index in [9.17, 15) is 9.59 Å². The first kappa shape index (κ1) is 14.9. The fourth-order valence-electron chi connectivity index (χ4n) is 1.21. The molecule has 1 unspecified atom stereocenters. The average Bonchev–Trinajstić information content (AvgIpc) is 2.16. The normalized spacial score (nSPS) is 13.6. The number of hydrogen-bond donors (Lipinski definition) is 2. The lowest BCUT2D eigenvalue weighted by atomic mass is 9.88. The van der Waals surface area contributed by atoms with Crippen LogP contribution in [0.3, 0.4) is 0 Å². The minimum atomic E-state index is -0.857. The maximum Gasteiger partial charge on any atom is 0.308 e. The molecule has 0 spiro atoms. The van der Waals surface area contributed by atoms with E-state index in [-0.39, 0.29) is 18.4 Å². The number of carbonyl (C=O) groups excluding carboxylic acids is 1. The van der Waals surface area contributed by atoms with Gasteiger partial charge in [0.05, 0.1) is 5.92 Å². The van der Waals surface area contributed by atoms with Gasteiger partial charge in [0.2, 0.25) is 5.91 Å². The van der Waals surface area contributed by atoms with Crippen molar-refractivity contribution in [1.82, 2.24) is 5.32 Å². The first-order chi connectivity index (χ1) is 7.22. The molecule has 94 valence electrons. The molecule has 0 radical (unpaired) electrons. The molecule has 4 nitrogen and oxygen atoms in total. The fraction of sp³-hybridized carbons (Fsp3) is 0.833. The van der Waals surface area contributed by atoms with E-state index in [4.69, 9.17) is 5.11 Å². The number of aliphatic carboxylic acids is 1. The van der Waals surface area contributed by atoms with E-state index in [1.54, 1.807) is 0 Å². The molecular weight excluding hydrogens is 206 g/mol. The fourth-order valence-corrected chi connectivity index (χ4v) is 1.21. The van der Waals surface area contributed by atoms with Crippen molar-refractivity contribution in [1.29, 1.82) is 0 Å². The number of amides is 1. The van der Waals surface area contributed by atoms with Gasteiger partial charge in [0.1, 0.15) is 0 Å². The highest BCUT2D eigenvalue weighted by atomic mass is 16.4. The SMILES string of the molecule is CCC(C)(C)C(=O)NCC(C(=O)O)C(C)C. The van der Waals surface area contributed by atoms with Gasteiger partial charge in [0.25, 0.3) is 0 Å². The Kier molecular flexibility index (Phi) is 5.48. The van der Waals surface area contributed by atoms with Crippen LogP contribution in [-0.4, -0.2) is 23.5 Å². The van der Waals surface area contributed by atoms with Gasteiger partial charge >= 0.3 is 5.97 Å². The van der Waals surface area contributed by atoms with Gasteiger partial charge in [-0.15, -0.1) is 0 Å². The summed E-state index contributed by atoms with van der Waals surface area (Å²) in [6.45, 7) is 9.54. The minimum Gasteiger partial charge on any atom is -0.481 e. The van der Waals surface area contributed by atoms with E-state index in [0.717, 1.165) is 6.42 Å². The summed E-state index contributed by atoms with van der Waals surface area (Å²) in [4.78, 5) is 22.7. The second kappa shape index (κ2) is 5.87. The summed E-state index contributed by atoms with van der Waals surface area (Å²) in [5, 5.41) is 11.7. The zero-order valence-electron chi connectivity index (χ0n) is 10.8. The van der Waals surface area contributed by atoms with Crippen LogP contribution in [0.5, 0.6) is 0 Å². The van der Waals surface area contributed by atoms with Gasteiger partial charge in [-0.25, -0.2) is 0 Å². The molecule has 0 saturated heterocycles. The number of hydrogen-bond acceptors (Lipinski definition) is 2. The van der Waals surface area contributed by atoms with Crippen molar-refractivity contribution in [3.63, 3.8) is 0 Å². The van der Waals surface area contributed by atoms with Crippen molar-refractivity contribution in [3.8, 4) is 0 Å². The molecule has 0 aromatic rings. The Morgan fingerprint density at radius 3 is 2.12 bits per heavy atom. The van der Waals surface area contributed by atoms with E-state index in [1.807, 2.05) is 34.6 Å². The molecule has 4 heteroatoms. The number of carboxylic acid groups (broad SMARTS) is 1. The molecule has 0 aliphatic heterocycles. The highest BCUT2D eigenvalue weighted by molar-refractivity contribution is 5.82. The second-order valence-electron chi connectivity index (χ2n) is 5.14. The van der Waals surface area contributed by atoms with Crippen LogP contribution in [0.15, 0.2) is 0 Å². The molecule has 1 amide bonds. The smallest absolute Gasteiger partial charge is 0.308 e. The summed E-state index contributed by atoms with van der Waals surface area (Å²) in [6, 6.07) is 0. The molecule has 0 heterocycles. The van der Waals surface area contributed by atoms with E-state index in [1.165, 1.54) is 0 Å². The Morgan fingerprint density at radius 2 is 1.81 bits per heavy atom. The Balaban J connectivity index is 4.33. The van der Waals surface area contributed by atoms with Crippen LogP contribution in [0.4, 0.5) is 0 Å². The summed E-state index contributed by atoms with van der Waals surface area (Å²) in [5.41, 5.74) is -0.431. The van der Waals surface area contributed by atoms with Gasteiger partial charge < -0.3 is 10.4 Å². The molecule has 2 N–H and O–H groups in total. The van der Waals surface area contributed by atoms with E-state index in [2.05, 4.69) is 5.32 Å². The first-order valence-corrected chi connectivity index (χ1v) is 5.73. The number of carbonyl (C=O) groups is 2. The van der Waals surface area contributed by atoms with Crippen LogP contribution in [0.25, 0.3) is 0 Å². The van der Waals surface area contributed by atoms with Crippen molar-refractivity contribution in [2.24, 2.45) is 17.3 Å². The van der Waals surface area contributed by atoms with Crippen LogP contribution >= 0.6 is 0 Å². The molecule has 0 saturated carbocycles. The third-order valence-electron chi connectivity index (χ3n) is 3.10. The number of rotatable bonds is 6. The van der Waals surface area contributed by atoms with Crippen molar-refractivity contribution >= 4 is 11.9 Å². The van der Waals surface area contributed by atoms with Crippen LogP contribution in [-0.2, 0) is 9.59 Å². The molecule has 0 bridgehead atoms. The van der Waals surface area contributed by atoms with E-state index >= 15 is 0 Å². The predicted octanol–water partition coefficient (Wildman–Crippen LogP) is 1.90. The lowest BCUT2D eigenvalue weighted by Gasteiger charge is -2.24. The molecular formula is C12H23NO3. The summed E-state index contributed by atoms with van der Waals surface area (Å²) >= 11 is 0. The van der Waals surface area contributed by atoms with Crippen molar-refractivity contribution in [3.05, 3.63) is 0 Å². The highest BCUT2D eigenvalue weighted by Crippen LogP contribution is 2.20. The van der Waals surface area contributed by atoms with Crippen LogP contribution < -0.4 is 5.32 Å². The standard InChI is InChI=1S/C12H23NO3/c1-6-12(4,5)11(16)13-7-9(8(2)3)10(14)15/h8-9H,6-7H2,1-5H3,(H,13,16)(H,14,15). The van der Waals surface area contributed by atoms with Gasteiger partial charge in [0, 0.05) is 12.0 Å². The summed E-state index contributed by atoms with van der Waals surface area (Å²) < 4.78 is 0. The largest absolute Gasteiger partial charge is 0.481 e. The van der Waals surface area contributed by atoms with E-state index < -0.39 is 17.3 Å². The van der Waals surface area contributed by atoms with Gasteiger partial charge in [-0.1, -0.05) is 34.6 Å². The molecule has 0 aromatic carbocycles. The Morgan fingerprint density at radius 1 is 1.31 bits per heavy atom. The van der Waals surface area contributed by atoms with Crippen molar-refractivity contribution in [2.45, 2.75) is 41.0 Å². The van der Waals surface area contributed by atoms with Gasteiger partial charge in [-0.05, 0) is 12.3 Å². The molecule has 0 rings (SSSR count). The van der Waals surface area contributed by atoms with Crippen molar-refractivity contribution < 1.29 is 14.7 Å². The zero-order valence-corrected chi connectivity index (χ0v) is 10.8.